The maximum Gasteiger partial charge on any atom is 0.229 e. The molecule has 0 aliphatic carbocycles. The van der Waals surface area contributed by atoms with E-state index in [1.54, 1.807) is 42.5 Å². The summed E-state index contributed by atoms with van der Waals surface area (Å²) >= 11 is 0. The number of hydrogen-bond acceptors (Lipinski definition) is 8. The number of nitrogens with zero attached hydrogens (tertiary/aromatic N) is 4. The molecule has 9 heteroatoms. The molecule has 0 radical (unpaired) electrons. The fourth-order valence-electron chi connectivity index (χ4n) is 4.25. The summed E-state index contributed by atoms with van der Waals surface area (Å²) in [5.41, 5.74) is 4.02. The summed E-state index contributed by atoms with van der Waals surface area (Å²) < 4.78 is 14.7. The maximum absolute atomic E-state index is 14.7. The average Bonchev–Trinajstić information content (AvgIpc) is 2.97. The number of halogens is 1. The molecule has 0 saturated carbocycles. The molecule has 0 aliphatic rings. The first-order valence-electron chi connectivity index (χ1n) is 12.2. The van der Waals surface area contributed by atoms with Crippen LogP contribution in [0, 0.1) is 15.6 Å². The highest BCUT2D eigenvalue weighted by Crippen LogP contribution is 2.30. The molecular formula is C30H23FN6O2. The van der Waals surface area contributed by atoms with E-state index in [-0.39, 0.29) is 11.8 Å². The van der Waals surface area contributed by atoms with Crippen LogP contribution >= 0.6 is 0 Å². The number of hydrogen-bond donors (Lipinski definition) is 2. The Morgan fingerprint density at radius 3 is 1.62 bits per heavy atom. The Hall–Kier alpha value is -5.31. The fraction of sp³-hybridized carbons (Fsp3) is 0.0667. The zero-order chi connectivity index (χ0) is 27.0. The monoisotopic (exact) mass is 518 g/mol. The Labute approximate surface area is 223 Å². The molecule has 1 aromatic heterocycles. The maximum atomic E-state index is 14.7. The first-order chi connectivity index (χ1) is 19.1. The summed E-state index contributed by atoms with van der Waals surface area (Å²) in [7, 11) is 0. The molecule has 5 rings (SSSR count). The lowest BCUT2D eigenvalue weighted by Crippen LogP contribution is -2.05. The average molecular weight is 519 g/mol. The highest BCUT2D eigenvalue weighted by molar-refractivity contribution is 5.61. The standard InChI is InChI=1S/C30H23FN6O2/c31-26-19-32-30(34-25-16-8-14-23(18-25)28(37-39)21-11-5-2-6-12-21)35-29(26)33-24-15-7-13-22(17-24)27(36-38)20-9-3-1-4-10-20/h1-19,27-28H,(H2,32,33,34,35). The van der Waals surface area contributed by atoms with E-state index in [1.807, 2.05) is 66.7 Å². The van der Waals surface area contributed by atoms with Gasteiger partial charge in [-0.2, -0.15) is 4.98 Å². The molecule has 0 amide bonds. The van der Waals surface area contributed by atoms with Gasteiger partial charge in [-0.1, -0.05) is 95.3 Å². The van der Waals surface area contributed by atoms with E-state index in [9.17, 15) is 14.2 Å². The van der Waals surface area contributed by atoms with Crippen molar-refractivity contribution < 1.29 is 4.39 Å². The SMILES string of the molecule is O=NC(c1ccccc1)c1cccc(Nc2ncc(F)c(Nc3cccc(C(N=O)c4ccccc4)c3)n2)c1. The third kappa shape index (κ3) is 5.99. The Morgan fingerprint density at radius 2 is 1.10 bits per heavy atom. The molecule has 2 unspecified atom stereocenters. The van der Waals surface area contributed by atoms with Crippen molar-refractivity contribution in [2.75, 3.05) is 10.6 Å². The van der Waals surface area contributed by atoms with E-state index in [4.69, 9.17) is 0 Å². The van der Waals surface area contributed by atoms with Crippen molar-refractivity contribution >= 4 is 23.1 Å². The first kappa shape index (κ1) is 25.3. The first-order valence-corrected chi connectivity index (χ1v) is 12.2. The van der Waals surface area contributed by atoms with Crippen molar-refractivity contribution in [3.63, 3.8) is 0 Å². The molecular weight excluding hydrogens is 495 g/mol. The molecule has 192 valence electrons. The largest absolute Gasteiger partial charge is 0.338 e. The predicted molar refractivity (Wildman–Crippen MR) is 150 cm³/mol. The number of aromatic nitrogens is 2. The Morgan fingerprint density at radius 1 is 0.615 bits per heavy atom. The van der Waals surface area contributed by atoms with E-state index < -0.39 is 17.9 Å². The second-order valence-corrected chi connectivity index (χ2v) is 8.73. The zero-order valence-corrected chi connectivity index (χ0v) is 20.6. The molecule has 2 N–H and O–H groups in total. The van der Waals surface area contributed by atoms with Crippen LogP contribution in [0.3, 0.4) is 0 Å². The summed E-state index contributed by atoms with van der Waals surface area (Å²) in [6.45, 7) is 0. The van der Waals surface area contributed by atoms with Crippen LogP contribution in [0.15, 0.2) is 126 Å². The van der Waals surface area contributed by atoms with Crippen molar-refractivity contribution in [3.8, 4) is 0 Å². The van der Waals surface area contributed by atoms with Crippen LogP contribution in [0.5, 0.6) is 0 Å². The Kier molecular flexibility index (Phi) is 7.68. The Balaban J connectivity index is 1.36. The Bertz CT molecular complexity index is 1580. The summed E-state index contributed by atoms with van der Waals surface area (Å²) in [5.74, 6) is -0.547. The summed E-state index contributed by atoms with van der Waals surface area (Å²) in [6.07, 6.45) is 1.06. The third-order valence-corrected chi connectivity index (χ3v) is 6.11. The van der Waals surface area contributed by atoms with Gasteiger partial charge in [-0.05, 0) is 46.5 Å². The van der Waals surface area contributed by atoms with Gasteiger partial charge in [0, 0.05) is 11.4 Å². The van der Waals surface area contributed by atoms with E-state index in [0.29, 0.717) is 22.5 Å². The van der Waals surface area contributed by atoms with Gasteiger partial charge in [0.25, 0.3) is 0 Å². The lowest BCUT2D eigenvalue weighted by atomic mass is 9.99. The van der Waals surface area contributed by atoms with Gasteiger partial charge in [0.2, 0.25) is 5.95 Å². The van der Waals surface area contributed by atoms with Gasteiger partial charge >= 0.3 is 0 Å². The van der Waals surface area contributed by atoms with Crippen molar-refractivity contribution in [2.24, 2.45) is 10.4 Å². The molecule has 0 aliphatic heterocycles. The van der Waals surface area contributed by atoms with Gasteiger partial charge in [-0.25, -0.2) is 9.37 Å². The second-order valence-electron chi connectivity index (χ2n) is 8.73. The normalized spacial score (nSPS) is 12.2. The molecule has 1 heterocycles. The van der Waals surface area contributed by atoms with Gasteiger partial charge in [0.05, 0.1) is 6.20 Å². The molecule has 0 saturated heterocycles. The number of anilines is 4. The summed E-state index contributed by atoms with van der Waals surface area (Å²) in [5, 5.41) is 12.6. The van der Waals surface area contributed by atoms with Gasteiger partial charge in [-0.15, -0.1) is 9.81 Å². The van der Waals surface area contributed by atoms with E-state index in [2.05, 4.69) is 31.0 Å². The summed E-state index contributed by atoms with van der Waals surface area (Å²) in [6, 6.07) is 31.3. The molecule has 2 atom stereocenters. The van der Waals surface area contributed by atoms with Crippen molar-refractivity contribution in [2.45, 2.75) is 12.1 Å². The molecule has 0 spiro atoms. The van der Waals surface area contributed by atoms with Crippen LogP contribution in [0.1, 0.15) is 34.3 Å². The molecule has 8 nitrogen and oxygen atoms in total. The van der Waals surface area contributed by atoms with E-state index in [0.717, 1.165) is 17.3 Å². The van der Waals surface area contributed by atoms with Crippen LogP contribution in [0.2, 0.25) is 0 Å². The lowest BCUT2D eigenvalue weighted by Gasteiger charge is -2.14. The number of nitrogens with one attached hydrogen (secondary N) is 2. The van der Waals surface area contributed by atoms with E-state index >= 15 is 0 Å². The number of nitroso groups, excluding NO2 is 2. The topological polar surface area (TPSA) is 109 Å². The lowest BCUT2D eigenvalue weighted by molar-refractivity contribution is 0.619. The molecule has 4 aromatic carbocycles. The van der Waals surface area contributed by atoms with E-state index in [1.165, 1.54) is 0 Å². The predicted octanol–water partition coefficient (Wildman–Crippen LogP) is 7.81. The van der Waals surface area contributed by atoms with Crippen LogP contribution in [-0.2, 0) is 0 Å². The van der Waals surface area contributed by atoms with Gasteiger partial charge in [0.1, 0.15) is 12.1 Å². The quantitative estimate of drug-likeness (QED) is 0.183. The van der Waals surface area contributed by atoms with Gasteiger partial charge in [0.15, 0.2) is 11.6 Å². The molecule has 0 bridgehead atoms. The van der Waals surface area contributed by atoms with Crippen molar-refractivity contribution in [3.05, 3.63) is 153 Å². The van der Waals surface area contributed by atoms with Gasteiger partial charge < -0.3 is 10.6 Å². The second kappa shape index (κ2) is 11.8. The highest BCUT2D eigenvalue weighted by Gasteiger charge is 2.17. The highest BCUT2D eigenvalue weighted by atomic mass is 19.1. The fourth-order valence-corrected chi connectivity index (χ4v) is 4.25. The number of rotatable bonds is 10. The van der Waals surface area contributed by atoms with Crippen LogP contribution in [-0.4, -0.2) is 9.97 Å². The summed E-state index contributed by atoms with van der Waals surface area (Å²) in [4.78, 5) is 31.6. The number of benzene rings is 4. The van der Waals surface area contributed by atoms with Crippen LogP contribution < -0.4 is 10.6 Å². The molecule has 5 aromatic rings. The molecule has 0 fully saturated rings. The van der Waals surface area contributed by atoms with Crippen molar-refractivity contribution in [1.29, 1.82) is 0 Å². The minimum atomic E-state index is -0.701. The smallest absolute Gasteiger partial charge is 0.229 e. The van der Waals surface area contributed by atoms with Gasteiger partial charge in [-0.3, -0.25) is 0 Å². The minimum Gasteiger partial charge on any atom is -0.338 e. The van der Waals surface area contributed by atoms with Crippen LogP contribution in [0.4, 0.5) is 27.5 Å². The minimum absolute atomic E-state index is 0.0483. The van der Waals surface area contributed by atoms with Crippen LogP contribution in [0.25, 0.3) is 0 Å². The van der Waals surface area contributed by atoms with Crippen molar-refractivity contribution in [1.82, 2.24) is 9.97 Å². The molecule has 39 heavy (non-hydrogen) atoms. The zero-order valence-electron chi connectivity index (χ0n) is 20.6. The third-order valence-electron chi connectivity index (χ3n) is 6.11.